The minimum absolute atomic E-state index is 0. The van der Waals surface area contributed by atoms with Crippen LogP contribution in [-0.4, -0.2) is 5.11 Å². The maximum absolute atomic E-state index is 10.3. The first-order valence-electron chi connectivity index (χ1n) is 12.5. The van der Waals surface area contributed by atoms with Gasteiger partial charge in [-0.25, -0.2) is 0 Å². The molecule has 0 atom stereocenters. The minimum Gasteiger partial charge on any atom is -0.850 e. The van der Waals surface area contributed by atoms with E-state index >= 15 is 0 Å². The number of hydrogen-bond acceptors (Lipinski definition) is 9. The molecule has 38 heavy (non-hydrogen) atoms. The van der Waals surface area contributed by atoms with Crippen molar-refractivity contribution in [2.75, 3.05) is 0 Å². The quantitative estimate of drug-likeness (QED) is 0.108. The molecule has 0 radical (unpaired) electrons. The van der Waals surface area contributed by atoms with Crippen molar-refractivity contribution in [2.45, 2.75) is 117 Å². The Morgan fingerprint density at radius 3 is 1.32 bits per heavy atom. The number of rotatable bonds is 16. The molecule has 1 aromatic carbocycles. The number of unbranched alkanes of at least 4 members (excludes halogenated alkanes) is 12. The molecular weight excluding hydrogens is 755 g/mol. The number of aryl methyl sites for hydroxylation is 1. The summed E-state index contributed by atoms with van der Waals surface area (Å²) in [6, 6.07) is 6.11. The summed E-state index contributed by atoms with van der Waals surface area (Å²) in [6.45, 7) is 4.54. The second kappa shape index (κ2) is 32.6. The summed E-state index contributed by atoms with van der Waals surface area (Å²) >= 11 is 14.6. The zero-order chi connectivity index (χ0) is 27.2. The molecule has 0 aliphatic rings. The van der Waals surface area contributed by atoms with Gasteiger partial charge in [0.15, 0.2) is 0 Å². The molecule has 1 N–H and O–H groups in total. The standard InChI is InChI=1S/C24H42O.2H3O2PS2.3Zn/c1-3-5-7-9-11-13-15-18-22-19-17-21-24(25)23(22)20-16-14-12-10-8-6-4-2;2*1-3(2,4)5;;;/h17,19,21,25H,3-16,18,20H2,1-2H3;2*(H3,1,2,4,5);;;/q;;;3*+2/p-6. The average Bonchev–Trinajstić information content (AvgIpc) is 2.71. The molecule has 0 amide bonds. The van der Waals surface area contributed by atoms with Crippen molar-refractivity contribution >= 4 is 59.5 Å². The number of phenols is 1. The monoisotopic (exact) mass is 792 g/mol. The van der Waals surface area contributed by atoms with Crippen LogP contribution >= 0.6 is 11.4 Å². The summed E-state index contributed by atoms with van der Waals surface area (Å²) in [5.41, 5.74) is -4.83. The smallest absolute Gasteiger partial charge is 0.850 e. The molecule has 0 heterocycles. The molecule has 0 aromatic heterocycles. The number of phenolic OH excluding ortho intramolecular Hbond substituents is 1. The Morgan fingerprint density at radius 1 is 0.632 bits per heavy atom. The van der Waals surface area contributed by atoms with E-state index in [9.17, 15) is 24.7 Å². The van der Waals surface area contributed by atoms with E-state index in [-0.39, 0.29) is 58.4 Å². The summed E-state index contributed by atoms with van der Waals surface area (Å²) < 4.78 is 0. The van der Waals surface area contributed by atoms with E-state index in [1.54, 1.807) is 0 Å². The van der Waals surface area contributed by atoms with Crippen LogP contribution in [0.2, 0.25) is 0 Å². The van der Waals surface area contributed by atoms with E-state index in [0.717, 1.165) is 12.8 Å². The van der Waals surface area contributed by atoms with Crippen LogP contribution in [0.25, 0.3) is 0 Å². The van der Waals surface area contributed by atoms with Crippen molar-refractivity contribution in [3.05, 3.63) is 29.3 Å². The second-order valence-electron chi connectivity index (χ2n) is 8.55. The van der Waals surface area contributed by atoms with E-state index < -0.39 is 11.4 Å². The van der Waals surface area contributed by atoms with Gasteiger partial charge in [-0.3, -0.25) is 0 Å². The third kappa shape index (κ3) is 45.7. The topological polar surface area (TPSA) is 112 Å². The average molecular weight is 797 g/mol. The van der Waals surface area contributed by atoms with Crippen molar-refractivity contribution in [1.82, 2.24) is 0 Å². The van der Waals surface area contributed by atoms with Gasteiger partial charge in [-0.1, -0.05) is 103 Å². The van der Waals surface area contributed by atoms with Crippen LogP contribution in [0.15, 0.2) is 18.2 Å². The summed E-state index contributed by atoms with van der Waals surface area (Å²) in [5.74, 6) is 0.520. The summed E-state index contributed by atoms with van der Waals surface area (Å²) in [4.78, 5) is 37.2. The largest absolute Gasteiger partial charge is 2.00 e. The van der Waals surface area contributed by atoms with Gasteiger partial charge in [0.25, 0.3) is 0 Å². The second-order valence-corrected chi connectivity index (χ2v) is 17.5. The molecule has 0 saturated heterocycles. The molecule has 0 bridgehead atoms. The maximum Gasteiger partial charge on any atom is 2.00 e. The predicted octanol–water partition coefficient (Wildman–Crippen LogP) is 4.93. The van der Waals surface area contributed by atoms with Crippen LogP contribution < -0.4 is 19.6 Å². The molecule has 1 rings (SSSR count). The molecule has 0 aliphatic carbocycles. The van der Waals surface area contributed by atoms with Gasteiger partial charge >= 0.3 is 58.4 Å². The summed E-state index contributed by atoms with van der Waals surface area (Å²) in [6.07, 6.45) is 21.0. The molecule has 14 heteroatoms. The van der Waals surface area contributed by atoms with E-state index in [2.05, 4.69) is 68.0 Å². The van der Waals surface area contributed by atoms with Crippen LogP contribution in [0, 0.1) is 0 Å². The number of aromatic hydroxyl groups is 1. The van der Waals surface area contributed by atoms with E-state index in [1.807, 2.05) is 12.1 Å². The van der Waals surface area contributed by atoms with E-state index in [1.165, 1.54) is 101 Å². The SMILES string of the molecule is CCCCCCCCCc1cccc(O)c1CCCCCCCCC.[O-]P([O-])(=S)[S-].[O-]P([O-])(=S)[S-].[Zn+2].[Zn+2].[Zn+2]. The van der Waals surface area contributed by atoms with Crippen LogP contribution in [0.4, 0.5) is 0 Å². The fourth-order valence-electron chi connectivity index (χ4n) is 3.68. The Labute approximate surface area is 291 Å². The van der Waals surface area contributed by atoms with Gasteiger partial charge in [-0.2, -0.15) is 23.6 Å². The Morgan fingerprint density at radius 2 is 0.947 bits per heavy atom. The fraction of sp³-hybridized carbons (Fsp3) is 0.750. The normalized spacial score (nSPS) is 10.4. The summed E-state index contributed by atoms with van der Waals surface area (Å²) in [5, 5.41) is 10.3. The van der Waals surface area contributed by atoms with Crippen molar-refractivity contribution < 1.29 is 83.1 Å². The van der Waals surface area contributed by atoms with Gasteiger partial charge in [0.2, 0.25) is 0 Å². The first-order chi connectivity index (χ1) is 16.3. The van der Waals surface area contributed by atoms with Crippen molar-refractivity contribution in [2.24, 2.45) is 0 Å². The van der Waals surface area contributed by atoms with Gasteiger partial charge < -0.3 is 60.6 Å². The fourth-order valence-corrected chi connectivity index (χ4v) is 3.68. The van der Waals surface area contributed by atoms with Crippen LogP contribution in [0.3, 0.4) is 0 Å². The van der Waals surface area contributed by atoms with Gasteiger partial charge in [0.05, 0.1) is 0 Å². The molecule has 0 aliphatic heterocycles. The van der Waals surface area contributed by atoms with Crippen molar-refractivity contribution in [3.63, 3.8) is 0 Å². The number of benzene rings is 1. The van der Waals surface area contributed by atoms with Crippen LogP contribution in [0.1, 0.15) is 115 Å². The van der Waals surface area contributed by atoms with E-state index in [4.69, 9.17) is 0 Å². The molecular formula is C24H42O5P2S4Zn3. The third-order valence-corrected chi connectivity index (χ3v) is 5.33. The molecule has 0 spiro atoms. The maximum atomic E-state index is 10.3. The summed E-state index contributed by atoms with van der Waals surface area (Å²) in [7, 11) is 0. The van der Waals surface area contributed by atoms with Crippen LogP contribution in [-0.2, 0) is 119 Å². The molecule has 1 aromatic rings. The Kier molecular flexibility index (Phi) is 43.3. The van der Waals surface area contributed by atoms with Gasteiger partial charge in [0, 0.05) is 0 Å². The van der Waals surface area contributed by atoms with Gasteiger partial charge in [-0.15, -0.1) is 0 Å². The van der Waals surface area contributed by atoms with Crippen molar-refractivity contribution in [3.8, 4) is 5.75 Å². The molecule has 0 unspecified atom stereocenters. The molecule has 5 nitrogen and oxygen atoms in total. The Bertz CT molecular complexity index is 704. The zero-order valence-corrected chi connectivity index (χ0v) is 37.2. The predicted molar refractivity (Wildman–Crippen MR) is 155 cm³/mol. The molecule has 208 valence electrons. The van der Waals surface area contributed by atoms with E-state index in [0.29, 0.717) is 5.75 Å². The Hall–Kier alpha value is 2.73. The van der Waals surface area contributed by atoms with Crippen LogP contribution in [0.5, 0.6) is 5.75 Å². The first kappa shape index (κ1) is 50.4. The Balaban J connectivity index is -0.000000238. The first-order valence-corrected chi connectivity index (χ1v) is 19.9. The minimum atomic E-state index is -3.72. The number of hydrogen-bond donors (Lipinski definition) is 1. The van der Waals surface area contributed by atoms with Crippen molar-refractivity contribution in [1.29, 1.82) is 0 Å². The van der Waals surface area contributed by atoms with Gasteiger partial charge in [0.1, 0.15) is 5.75 Å². The van der Waals surface area contributed by atoms with Gasteiger partial charge in [-0.05, 0) is 42.9 Å². The molecule has 0 fully saturated rings. The zero-order valence-electron chi connectivity index (χ0n) is 23.3. The molecule has 0 saturated carbocycles. The third-order valence-electron chi connectivity index (χ3n) is 5.33.